The van der Waals surface area contributed by atoms with Gasteiger partial charge in [0.2, 0.25) is 0 Å². The van der Waals surface area contributed by atoms with Crippen LogP contribution in [0.25, 0.3) is 0 Å². The maximum Gasteiger partial charge on any atom is 0.147 e. The molecule has 98 valence electrons. The second-order valence-corrected chi connectivity index (χ2v) is 5.36. The van der Waals surface area contributed by atoms with Crippen molar-refractivity contribution in [3.05, 3.63) is 29.6 Å². The van der Waals surface area contributed by atoms with Crippen LogP contribution >= 0.6 is 0 Å². The van der Waals surface area contributed by atoms with Crippen LogP contribution in [0.2, 0.25) is 0 Å². The topological polar surface area (TPSA) is 53.1 Å². The average Bonchev–Trinajstić information content (AvgIpc) is 3.09. The number of hydrogen-bond donors (Lipinski definition) is 2. The highest BCUT2D eigenvalue weighted by atomic mass is 19.1. The van der Waals surface area contributed by atoms with Crippen LogP contribution in [0.3, 0.4) is 0 Å². The van der Waals surface area contributed by atoms with Crippen molar-refractivity contribution in [1.29, 1.82) is 5.41 Å². The molecule has 0 aromatic heterocycles. The Morgan fingerprint density at radius 3 is 2.61 bits per heavy atom. The molecule has 4 heteroatoms. The largest absolute Gasteiger partial charge is 0.384 e. The molecule has 1 saturated carbocycles. The zero-order valence-corrected chi connectivity index (χ0v) is 10.9. The number of nitrogens with two attached hydrogens (primary N) is 1. The molecule has 0 unspecified atom stereocenters. The van der Waals surface area contributed by atoms with E-state index in [0.29, 0.717) is 23.2 Å². The summed E-state index contributed by atoms with van der Waals surface area (Å²) in [5.74, 6) is 0.120. The maximum absolute atomic E-state index is 14.1. The van der Waals surface area contributed by atoms with Crippen LogP contribution in [0.15, 0.2) is 18.2 Å². The lowest BCUT2D eigenvalue weighted by molar-refractivity contribution is 0.578. The van der Waals surface area contributed by atoms with E-state index < -0.39 is 0 Å². The summed E-state index contributed by atoms with van der Waals surface area (Å²) in [7, 11) is 0. The van der Waals surface area contributed by atoms with Crippen LogP contribution in [0.1, 0.15) is 32.3 Å². The molecule has 2 rings (SSSR count). The number of nitrogen functional groups attached to an aromatic ring is 1. The summed E-state index contributed by atoms with van der Waals surface area (Å²) < 4.78 is 14.1. The Labute approximate surface area is 107 Å². The Balaban J connectivity index is 2.27. The van der Waals surface area contributed by atoms with E-state index in [1.165, 1.54) is 6.07 Å². The van der Waals surface area contributed by atoms with E-state index in [2.05, 4.69) is 18.7 Å². The van der Waals surface area contributed by atoms with Crippen molar-refractivity contribution >= 4 is 11.5 Å². The van der Waals surface area contributed by atoms with Crippen molar-refractivity contribution in [1.82, 2.24) is 0 Å². The van der Waals surface area contributed by atoms with Crippen molar-refractivity contribution in [2.24, 2.45) is 11.7 Å². The van der Waals surface area contributed by atoms with Gasteiger partial charge < -0.3 is 10.6 Å². The second-order valence-electron chi connectivity index (χ2n) is 5.36. The van der Waals surface area contributed by atoms with Crippen LogP contribution in [-0.4, -0.2) is 18.4 Å². The first-order chi connectivity index (χ1) is 8.49. The molecular weight excluding hydrogens is 229 g/mol. The normalized spacial score (nSPS) is 14.9. The fourth-order valence-electron chi connectivity index (χ4n) is 2.13. The fraction of sp³-hybridized carbons (Fsp3) is 0.500. The number of amidine groups is 1. The molecule has 0 heterocycles. The molecule has 0 saturated heterocycles. The summed E-state index contributed by atoms with van der Waals surface area (Å²) in [6.45, 7) is 5.13. The second kappa shape index (κ2) is 4.96. The van der Waals surface area contributed by atoms with E-state index in [1.807, 2.05) is 0 Å². The minimum atomic E-state index is -0.282. The van der Waals surface area contributed by atoms with Gasteiger partial charge >= 0.3 is 0 Å². The van der Waals surface area contributed by atoms with E-state index >= 15 is 0 Å². The smallest absolute Gasteiger partial charge is 0.147 e. The zero-order valence-electron chi connectivity index (χ0n) is 10.9. The molecule has 1 aromatic rings. The lowest BCUT2D eigenvalue weighted by atomic mass is 10.1. The number of benzene rings is 1. The third-order valence-corrected chi connectivity index (χ3v) is 3.12. The summed E-state index contributed by atoms with van der Waals surface area (Å²) in [5, 5.41) is 7.32. The molecule has 0 aliphatic heterocycles. The van der Waals surface area contributed by atoms with Crippen LogP contribution < -0.4 is 10.6 Å². The Hall–Kier alpha value is -1.58. The first-order valence-corrected chi connectivity index (χ1v) is 6.39. The summed E-state index contributed by atoms with van der Waals surface area (Å²) >= 11 is 0. The minimum Gasteiger partial charge on any atom is -0.384 e. The van der Waals surface area contributed by atoms with Gasteiger partial charge in [0.05, 0.1) is 5.69 Å². The van der Waals surface area contributed by atoms with Gasteiger partial charge in [-0.15, -0.1) is 0 Å². The highest BCUT2D eigenvalue weighted by molar-refractivity contribution is 5.95. The predicted molar refractivity (Wildman–Crippen MR) is 72.6 cm³/mol. The van der Waals surface area contributed by atoms with Crippen molar-refractivity contribution in [3.8, 4) is 0 Å². The molecule has 0 spiro atoms. The summed E-state index contributed by atoms with van der Waals surface area (Å²) in [5.41, 5.74) is 6.44. The number of rotatable bonds is 5. The minimum absolute atomic E-state index is 0.0951. The van der Waals surface area contributed by atoms with Gasteiger partial charge in [0, 0.05) is 18.2 Å². The van der Waals surface area contributed by atoms with Gasteiger partial charge in [-0.3, -0.25) is 5.41 Å². The molecule has 0 bridgehead atoms. The van der Waals surface area contributed by atoms with Crippen molar-refractivity contribution in [2.75, 3.05) is 11.4 Å². The monoisotopic (exact) mass is 249 g/mol. The molecule has 18 heavy (non-hydrogen) atoms. The Kier molecular flexibility index (Phi) is 3.55. The van der Waals surface area contributed by atoms with Gasteiger partial charge in [-0.25, -0.2) is 4.39 Å². The average molecular weight is 249 g/mol. The molecule has 0 amide bonds. The van der Waals surface area contributed by atoms with Crippen LogP contribution in [0.5, 0.6) is 0 Å². The first kappa shape index (κ1) is 12.9. The summed E-state index contributed by atoms with van der Waals surface area (Å²) in [6, 6.07) is 5.29. The highest BCUT2D eigenvalue weighted by Crippen LogP contribution is 2.34. The van der Waals surface area contributed by atoms with Gasteiger partial charge in [-0.05, 0) is 37.0 Å². The van der Waals surface area contributed by atoms with E-state index in [4.69, 9.17) is 11.1 Å². The van der Waals surface area contributed by atoms with E-state index in [1.54, 1.807) is 12.1 Å². The Morgan fingerprint density at radius 1 is 1.50 bits per heavy atom. The summed E-state index contributed by atoms with van der Waals surface area (Å²) in [6.07, 6.45) is 2.28. The molecular formula is C14H20FN3. The van der Waals surface area contributed by atoms with Gasteiger partial charge in [-0.1, -0.05) is 13.8 Å². The fourth-order valence-corrected chi connectivity index (χ4v) is 2.13. The highest BCUT2D eigenvalue weighted by Gasteiger charge is 2.31. The molecule has 3 N–H and O–H groups in total. The molecule has 1 aliphatic rings. The van der Waals surface area contributed by atoms with E-state index in [9.17, 15) is 4.39 Å². The predicted octanol–water partition coefficient (Wildman–Crippen LogP) is 2.73. The quantitative estimate of drug-likeness (QED) is 0.622. The van der Waals surface area contributed by atoms with Gasteiger partial charge in [0.15, 0.2) is 0 Å². The standard InChI is InChI=1S/C14H20FN3/c1-9(2)8-18(11-4-5-11)13-6-3-10(14(16)17)7-12(13)15/h3,6-7,9,11H,4-5,8H2,1-2H3,(H3,16,17). The van der Waals surface area contributed by atoms with Crippen LogP contribution in [-0.2, 0) is 0 Å². The third kappa shape index (κ3) is 2.81. The molecule has 1 aliphatic carbocycles. The van der Waals surface area contributed by atoms with Crippen molar-refractivity contribution in [2.45, 2.75) is 32.7 Å². The van der Waals surface area contributed by atoms with E-state index in [-0.39, 0.29) is 11.7 Å². The van der Waals surface area contributed by atoms with Gasteiger partial charge in [0.25, 0.3) is 0 Å². The van der Waals surface area contributed by atoms with Crippen LogP contribution in [0, 0.1) is 17.1 Å². The molecule has 3 nitrogen and oxygen atoms in total. The Bertz CT molecular complexity index is 452. The van der Waals surface area contributed by atoms with Gasteiger partial charge in [0.1, 0.15) is 11.7 Å². The van der Waals surface area contributed by atoms with Crippen molar-refractivity contribution < 1.29 is 4.39 Å². The molecule has 1 fully saturated rings. The SMILES string of the molecule is CC(C)CN(c1ccc(C(=N)N)cc1F)C1CC1. The number of anilines is 1. The number of halogens is 1. The maximum atomic E-state index is 14.1. The number of nitrogens with zero attached hydrogens (tertiary/aromatic N) is 1. The molecule has 0 radical (unpaired) electrons. The summed E-state index contributed by atoms with van der Waals surface area (Å²) in [4.78, 5) is 2.14. The molecule has 1 aromatic carbocycles. The zero-order chi connectivity index (χ0) is 13.3. The number of hydrogen-bond acceptors (Lipinski definition) is 2. The number of nitrogens with one attached hydrogen (secondary N) is 1. The van der Waals surface area contributed by atoms with Crippen molar-refractivity contribution in [3.63, 3.8) is 0 Å². The van der Waals surface area contributed by atoms with Crippen LogP contribution in [0.4, 0.5) is 10.1 Å². The lowest BCUT2D eigenvalue weighted by Gasteiger charge is -2.27. The molecule has 0 atom stereocenters. The first-order valence-electron chi connectivity index (χ1n) is 6.39. The lowest BCUT2D eigenvalue weighted by Crippen LogP contribution is -2.30. The van der Waals surface area contributed by atoms with Gasteiger partial charge in [-0.2, -0.15) is 0 Å². The van der Waals surface area contributed by atoms with E-state index in [0.717, 1.165) is 19.4 Å². The Morgan fingerprint density at radius 2 is 2.17 bits per heavy atom. The third-order valence-electron chi connectivity index (χ3n) is 3.12.